The van der Waals surface area contributed by atoms with Crippen molar-refractivity contribution >= 4 is 5.97 Å². The molecule has 6 heteroatoms. The number of phenols is 1. The fraction of sp³-hybridized carbons (Fsp3) is 0.364. The van der Waals surface area contributed by atoms with E-state index in [1.54, 1.807) is 6.92 Å². The predicted molar refractivity (Wildman–Crippen MR) is 60.4 cm³/mol. The molecule has 1 aromatic rings. The van der Waals surface area contributed by atoms with Crippen molar-refractivity contribution in [1.82, 2.24) is 0 Å². The smallest absolute Gasteiger partial charge is 0.325 e. The summed E-state index contributed by atoms with van der Waals surface area (Å²) in [5, 5.41) is 18.5. The fourth-order valence-electron chi connectivity index (χ4n) is 1.40. The minimum Gasteiger partial charge on any atom is -0.504 e. The van der Waals surface area contributed by atoms with Crippen LogP contribution in [-0.4, -0.2) is 29.9 Å². The maximum atomic E-state index is 10.8. The van der Waals surface area contributed by atoms with Crippen molar-refractivity contribution in [3.05, 3.63) is 17.7 Å². The Kier molecular flexibility index (Phi) is 4.17. The average Bonchev–Trinajstić information content (AvgIpc) is 2.28. The summed E-state index contributed by atoms with van der Waals surface area (Å²) >= 11 is 0. The van der Waals surface area contributed by atoms with E-state index in [0.717, 1.165) is 0 Å². The van der Waals surface area contributed by atoms with Crippen LogP contribution in [0.1, 0.15) is 18.5 Å². The van der Waals surface area contributed by atoms with Gasteiger partial charge in [0.05, 0.1) is 13.7 Å². The van der Waals surface area contributed by atoms with Gasteiger partial charge >= 0.3 is 5.97 Å². The van der Waals surface area contributed by atoms with Gasteiger partial charge in [0.2, 0.25) is 5.75 Å². The third-order valence-corrected chi connectivity index (χ3v) is 2.19. The molecule has 0 aliphatic carbocycles. The summed E-state index contributed by atoms with van der Waals surface area (Å²) in [5.41, 5.74) is 5.71. The van der Waals surface area contributed by atoms with Crippen LogP contribution in [0.15, 0.2) is 12.1 Å². The van der Waals surface area contributed by atoms with Crippen LogP contribution >= 0.6 is 0 Å². The molecule has 1 unspecified atom stereocenters. The highest BCUT2D eigenvalue weighted by Gasteiger charge is 2.19. The topological polar surface area (TPSA) is 102 Å². The number of carboxylic acid groups (broad SMARTS) is 1. The number of hydrogen-bond acceptors (Lipinski definition) is 5. The molecule has 0 amide bonds. The number of aromatic hydroxyl groups is 1. The van der Waals surface area contributed by atoms with Crippen LogP contribution in [-0.2, 0) is 4.79 Å². The van der Waals surface area contributed by atoms with Gasteiger partial charge in [-0.05, 0) is 24.6 Å². The van der Waals surface area contributed by atoms with Crippen LogP contribution in [0.25, 0.3) is 0 Å². The minimum atomic E-state index is -1.22. The normalized spacial score (nSPS) is 11.9. The van der Waals surface area contributed by atoms with E-state index in [4.69, 9.17) is 20.3 Å². The highest BCUT2D eigenvalue weighted by atomic mass is 16.5. The Hall–Kier alpha value is -1.95. The monoisotopic (exact) mass is 241 g/mol. The zero-order chi connectivity index (χ0) is 13.0. The summed E-state index contributed by atoms with van der Waals surface area (Å²) in [6.45, 7) is 2.13. The van der Waals surface area contributed by atoms with Gasteiger partial charge in [0, 0.05) is 0 Å². The second-order valence-electron chi connectivity index (χ2n) is 3.32. The Morgan fingerprint density at radius 2 is 2.18 bits per heavy atom. The van der Waals surface area contributed by atoms with Gasteiger partial charge < -0.3 is 25.4 Å². The van der Waals surface area contributed by atoms with Gasteiger partial charge in [0.15, 0.2) is 11.5 Å². The Bertz CT molecular complexity index is 419. The fourth-order valence-corrected chi connectivity index (χ4v) is 1.40. The number of methoxy groups -OCH3 is 1. The van der Waals surface area contributed by atoms with Crippen LogP contribution in [0, 0.1) is 0 Å². The van der Waals surface area contributed by atoms with Crippen molar-refractivity contribution in [2.45, 2.75) is 13.0 Å². The molecule has 1 atom stereocenters. The summed E-state index contributed by atoms with van der Waals surface area (Å²) in [6.07, 6.45) is 0. The standard InChI is InChI=1S/C11H15NO5/c1-3-17-8-5-6(9(12)11(14)15)4-7(13)10(8)16-2/h4-5,9,13H,3,12H2,1-2H3,(H,14,15). The molecule has 6 nitrogen and oxygen atoms in total. The molecular formula is C11H15NO5. The number of nitrogens with two attached hydrogens (primary N) is 1. The highest BCUT2D eigenvalue weighted by Crippen LogP contribution is 2.38. The molecule has 0 saturated carbocycles. The molecule has 4 N–H and O–H groups in total. The molecule has 0 aromatic heterocycles. The second kappa shape index (κ2) is 5.40. The van der Waals surface area contributed by atoms with Crippen LogP contribution in [0.5, 0.6) is 17.2 Å². The van der Waals surface area contributed by atoms with Gasteiger partial charge in [0.1, 0.15) is 6.04 Å². The molecule has 1 aromatic carbocycles. The molecule has 1 rings (SSSR count). The van der Waals surface area contributed by atoms with E-state index in [2.05, 4.69) is 0 Å². The highest BCUT2D eigenvalue weighted by molar-refractivity contribution is 5.76. The number of carbonyl (C=O) groups is 1. The van der Waals surface area contributed by atoms with Crippen molar-refractivity contribution in [2.75, 3.05) is 13.7 Å². The van der Waals surface area contributed by atoms with Crippen molar-refractivity contribution in [3.63, 3.8) is 0 Å². The molecule has 0 spiro atoms. The maximum absolute atomic E-state index is 10.8. The number of aliphatic carboxylic acids is 1. The minimum absolute atomic E-state index is 0.160. The molecule has 0 saturated heterocycles. The van der Waals surface area contributed by atoms with E-state index >= 15 is 0 Å². The van der Waals surface area contributed by atoms with Gasteiger partial charge in [-0.2, -0.15) is 0 Å². The average molecular weight is 241 g/mol. The molecular weight excluding hydrogens is 226 g/mol. The summed E-state index contributed by atoms with van der Waals surface area (Å²) in [7, 11) is 1.38. The lowest BCUT2D eigenvalue weighted by Gasteiger charge is -2.14. The number of carboxylic acids is 1. The van der Waals surface area contributed by atoms with Crippen molar-refractivity contribution in [2.24, 2.45) is 5.73 Å². The van der Waals surface area contributed by atoms with Crippen molar-refractivity contribution in [1.29, 1.82) is 0 Å². The zero-order valence-electron chi connectivity index (χ0n) is 9.64. The number of benzene rings is 1. The van der Waals surface area contributed by atoms with Crippen LogP contribution in [0.2, 0.25) is 0 Å². The number of phenolic OH excluding ortho intramolecular Hbond substituents is 1. The lowest BCUT2D eigenvalue weighted by atomic mass is 10.1. The molecule has 0 aliphatic rings. The molecule has 94 valence electrons. The van der Waals surface area contributed by atoms with E-state index in [1.807, 2.05) is 0 Å². The SMILES string of the molecule is CCOc1cc(C(N)C(=O)O)cc(O)c1OC. The van der Waals surface area contributed by atoms with Crippen LogP contribution in [0.4, 0.5) is 0 Å². The van der Waals surface area contributed by atoms with Gasteiger partial charge in [-0.3, -0.25) is 4.79 Å². The van der Waals surface area contributed by atoms with Gasteiger partial charge in [-0.15, -0.1) is 0 Å². The second-order valence-corrected chi connectivity index (χ2v) is 3.32. The largest absolute Gasteiger partial charge is 0.504 e. The summed E-state index contributed by atoms with van der Waals surface area (Å²) in [4.78, 5) is 10.8. The number of hydrogen-bond donors (Lipinski definition) is 3. The van der Waals surface area contributed by atoms with Crippen molar-refractivity contribution < 1.29 is 24.5 Å². The number of ether oxygens (including phenoxy) is 2. The zero-order valence-corrected chi connectivity index (χ0v) is 9.64. The van der Waals surface area contributed by atoms with Gasteiger partial charge in [0.25, 0.3) is 0 Å². The Morgan fingerprint density at radius 1 is 1.53 bits per heavy atom. The van der Waals surface area contributed by atoms with E-state index in [1.165, 1.54) is 19.2 Å². The first-order valence-corrected chi connectivity index (χ1v) is 5.03. The van der Waals surface area contributed by atoms with E-state index in [0.29, 0.717) is 6.61 Å². The van der Waals surface area contributed by atoms with Crippen molar-refractivity contribution in [3.8, 4) is 17.2 Å². The van der Waals surface area contributed by atoms with Gasteiger partial charge in [-0.25, -0.2) is 0 Å². The molecule has 17 heavy (non-hydrogen) atoms. The predicted octanol–water partition coefficient (Wildman–Crippen LogP) is 0.884. The van der Waals surface area contributed by atoms with Crippen LogP contribution in [0.3, 0.4) is 0 Å². The molecule has 0 fully saturated rings. The Labute approximate surface area is 98.6 Å². The Balaban J connectivity index is 3.23. The van der Waals surface area contributed by atoms with Gasteiger partial charge in [-0.1, -0.05) is 0 Å². The third kappa shape index (κ3) is 2.79. The summed E-state index contributed by atoms with van der Waals surface area (Å²) < 4.78 is 10.2. The molecule has 0 radical (unpaired) electrons. The van der Waals surface area contributed by atoms with Crippen LogP contribution < -0.4 is 15.2 Å². The maximum Gasteiger partial charge on any atom is 0.325 e. The summed E-state index contributed by atoms with van der Waals surface area (Å²) in [6, 6.07) is 1.48. The first kappa shape index (κ1) is 13.1. The first-order chi connectivity index (χ1) is 8.01. The number of rotatable bonds is 5. The quantitative estimate of drug-likeness (QED) is 0.707. The lowest BCUT2D eigenvalue weighted by molar-refractivity contribution is -0.138. The molecule has 0 bridgehead atoms. The third-order valence-electron chi connectivity index (χ3n) is 2.19. The lowest BCUT2D eigenvalue weighted by Crippen LogP contribution is -2.20. The van der Waals surface area contributed by atoms with E-state index < -0.39 is 12.0 Å². The summed E-state index contributed by atoms with van der Waals surface area (Å²) in [5.74, 6) is -0.961. The van der Waals surface area contributed by atoms with E-state index in [-0.39, 0.29) is 22.8 Å². The molecule has 0 aliphatic heterocycles. The first-order valence-electron chi connectivity index (χ1n) is 5.03. The van der Waals surface area contributed by atoms with E-state index in [9.17, 15) is 9.90 Å². The Morgan fingerprint density at radius 3 is 2.65 bits per heavy atom. The molecule has 0 heterocycles.